The number of fused-ring (bicyclic) bond motifs is 1. The lowest BCUT2D eigenvalue weighted by Crippen LogP contribution is -2.16. The number of hydrogen-bond donors (Lipinski definition) is 3. The molecule has 5 nitrogen and oxygen atoms in total. The number of H-pyrrole nitrogens is 1. The van der Waals surface area contributed by atoms with Crippen LogP contribution in [0.15, 0.2) is 24.5 Å². The Hall–Kier alpha value is -1.88. The number of aromatic amines is 1. The molecule has 1 atom stereocenters. The third-order valence-electron chi connectivity index (χ3n) is 2.60. The van der Waals surface area contributed by atoms with Crippen molar-refractivity contribution in [3.05, 3.63) is 30.1 Å². The van der Waals surface area contributed by atoms with Crippen molar-refractivity contribution < 1.29 is 9.90 Å². The second kappa shape index (κ2) is 4.32. The van der Waals surface area contributed by atoms with Gasteiger partial charge in [-0.1, -0.05) is 6.07 Å². The van der Waals surface area contributed by atoms with Crippen LogP contribution in [0.25, 0.3) is 11.0 Å². The molecule has 84 valence electrons. The van der Waals surface area contributed by atoms with E-state index in [-0.39, 0.29) is 0 Å². The molecule has 0 radical (unpaired) electrons. The lowest BCUT2D eigenvalue weighted by molar-refractivity contribution is -0.138. The molecule has 0 saturated carbocycles. The van der Waals surface area contributed by atoms with E-state index in [9.17, 15) is 4.79 Å². The average Bonchev–Trinajstić information content (AvgIpc) is 2.72. The summed E-state index contributed by atoms with van der Waals surface area (Å²) in [5, 5.41) is 9.10. The van der Waals surface area contributed by atoms with E-state index in [2.05, 4.69) is 9.97 Å². The van der Waals surface area contributed by atoms with Gasteiger partial charge in [-0.3, -0.25) is 4.79 Å². The fraction of sp³-hybridized carbons (Fsp3) is 0.273. The lowest BCUT2D eigenvalue weighted by atomic mass is 9.95. The van der Waals surface area contributed by atoms with Crippen molar-refractivity contribution in [2.75, 3.05) is 6.54 Å². The van der Waals surface area contributed by atoms with E-state index in [0.29, 0.717) is 13.0 Å². The number of nitrogens with one attached hydrogen (secondary N) is 1. The van der Waals surface area contributed by atoms with Gasteiger partial charge in [0.15, 0.2) is 0 Å². The molecule has 2 aromatic rings. The summed E-state index contributed by atoms with van der Waals surface area (Å²) in [6.07, 6.45) is 2.03. The Bertz CT molecular complexity index is 507. The van der Waals surface area contributed by atoms with Gasteiger partial charge in [0.2, 0.25) is 0 Å². The molecule has 4 N–H and O–H groups in total. The van der Waals surface area contributed by atoms with Crippen LogP contribution in [-0.2, 0) is 4.79 Å². The SMILES string of the molecule is NCCC(C(=O)O)c1ccc2nc[nH]c2c1. The average molecular weight is 219 g/mol. The minimum atomic E-state index is -0.843. The second-order valence-corrected chi connectivity index (χ2v) is 3.65. The highest BCUT2D eigenvalue weighted by atomic mass is 16.4. The van der Waals surface area contributed by atoms with E-state index in [4.69, 9.17) is 10.8 Å². The number of aliphatic carboxylic acids is 1. The molecule has 0 aliphatic rings. The largest absolute Gasteiger partial charge is 0.481 e. The maximum Gasteiger partial charge on any atom is 0.311 e. The van der Waals surface area contributed by atoms with Crippen LogP contribution >= 0.6 is 0 Å². The Labute approximate surface area is 92.3 Å². The Balaban J connectivity index is 2.39. The van der Waals surface area contributed by atoms with Crippen LogP contribution in [0.5, 0.6) is 0 Å². The fourth-order valence-corrected chi connectivity index (χ4v) is 1.77. The molecular formula is C11H13N3O2. The zero-order valence-electron chi connectivity index (χ0n) is 8.68. The van der Waals surface area contributed by atoms with Gasteiger partial charge in [0.05, 0.1) is 23.3 Å². The van der Waals surface area contributed by atoms with Crippen molar-refractivity contribution >= 4 is 17.0 Å². The highest BCUT2D eigenvalue weighted by Crippen LogP contribution is 2.22. The molecule has 0 fully saturated rings. The summed E-state index contributed by atoms with van der Waals surface area (Å²) in [6.45, 7) is 0.359. The van der Waals surface area contributed by atoms with E-state index in [1.54, 1.807) is 12.4 Å². The van der Waals surface area contributed by atoms with Crippen LogP contribution in [0.1, 0.15) is 17.9 Å². The zero-order chi connectivity index (χ0) is 11.5. The first-order valence-electron chi connectivity index (χ1n) is 5.08. The number of carboxylic acids is 1. The number of carboxylic acid groups (broad SMARTS) is 1. The molecule has 0 spiro atoms. The number of benzene rings is 1. The fourth-order valence-electron chi connectivity index (χ4n) is 1.77. The minimum Gasteiger partial charge on any atom is -0.481 e. The Morgan fingerprint density at radius 3 is 3.06 bits per heavy atom. The molecular weight excluding hydrogens is 206 g/mol. The Morgan fingerprint density at radius 1 is 1.56 bits per heavy atom. The number of imidazole rings is 1. The van der Waals surface area contributed by atoms with Gasteiger partial charge in [0, 0.05) is 0 Å². The summed E-state index contributed by atoms with van der Waals surface area (Å²) < 4.78 is 0. The third-order valence-corrected chi connectivity index (χ3v) is 2.60. The van der Waals surface area contributed by atoms with Crippen molar-refractivity contribution in [1.82, 2.24) is 9.97 Å². The summed E-state index contributed by atoms with van der Waals surface area (Å²) in [6, 6.07) is 5.42. The number of hydrogen-bond acceptors (Lipinski definition) is 3. The van der Waals surface area contributed by atoms with Crippen LogP contribution in [-0.4, -0.2) is 27.6 Å². The summed E-state index contributed by atoms with van der Waals surface area (Å²) in [5.41, 5.74) is 7.85. The van der Waals surface area contributed by atoms with Crippen molar-refractivity contribution in [2.45, 2.75) is 12.3 Å². The van der Waals surface area contributed by atoms with Crippen LogP contribution in [0.2, 0.25) is 0 Å². The molecule has 0 bridgehead atoms. The highest BCUT2D eigenvalue weighted by Gasteiger charge is 2.19. The Morgan fingerprint density at radius 2 is 2.38 bits per heavy atom. The van der Waals surface area contributed by atoms with Gasteiger partial charge in [0.1, 0.15) is 0 Å². The molecule has 1 heterocycles. The van der Waals surface area contributed by atoms with Crippen molar-refractivity contribution in [1.29, 1.82) is 0 Å². The maximum absolute atomic E-state index is 11.1. The van der Waals surface area contributed by atoms with Crippen LogP contribution in [0.4, 0.5) is 0 Å². The topological polar surface area (TPSA) is 92.0 Å². The van der Waals surface area contributed by atoms with E-state index < -0.39 is 11.9 Å². The minimum absolute atomic E-state index is 0.359. The van der Waals surface area contributed by atoms with Crippen LogP contribution in [0.3, 0.4) is 0 Å². The smallest absolute Gasteiger partial charge is 0.311 e. The number of rotatable bonds is 4. The monoisotopic (exact) mass is 219 g/mol. The van der Waals surface area contributed by atoms with Gasteiger partial charge in [-0.2, -0.15) is 0 Å². The summed E-state index contributed by atoms with van der Waals surface area (Å²) in [7, 11) is 0. The van der Waals surface area contributed by atoms with Crippen molar-refractivity contribution in [3.63, 3.8) is 0 Å². The number of nitrogens with zero attached hydrogens (tertiary/aromatic N) is 1. The van der Waals surface area contributed by atoms with E-state index in [1.165, 1.54) is 0 Å². The van der Waals surface area contributed by atoms with E-state index in [0.717, 1.165) is 16.6 Å². The van der Waals surface area contributed by atoms with Gasteiger partial charge < -0.3 is 15.8 Å². The number of carbonyl (C=O) groups is 1. The zero-order valence-corrected chi connectivity index (χ0v) is 8.68. The lowest BCUT2D eigenvalue weighted by Gasteiger charge is -2.11. The van der Waals surface area contributed by atoms with Gasteiger partial charge in [-0.15, -0.1) is 0 Å². The van der Waals surface area contributed by atoms with E-state index in [1.807, 2.05) is 12.1 Å². The molecule has 5 heteroatoms. The first kappa shape index (κ1) is 10.6. The van der Waals surface area contributed by atoms with Gasteiger partial charge in [0.25, 0.3) is 0 Å². The number of aromatic nitrogens is 2. The first-order chi connectivity index (χ1) is 7.72. The molecule has 0 aliphatic heterocycles. The van der Waals surface area contributed by atoms with Gasteiger partial charge in [-0.25, -0.2) is 4.98 Å². The molecule has 2 rings (SSSR count). The molecule has 1 aromatic carbocycles. The van der Waals surface area contributed by atoms with Crippen LogP contribution in [0, 0.1) is 0 Å². The Kier molecular flexibility index (Phi) is 2.87. The standard InChI is InChI=1S/C11H13N3O2/c12-4-3-8(11(15)16)7-1-2-9-10(5-7)14-6-13-9/h1-2,5-6,8H,3-4,12H2,(H,13,14)(H,15,16). The van der Waals surface area contributed by atoms with Crippen molar-refractivity contribution in [3.8, 4) is 0 Å². The molecule has 1 aromatic heterocycles. The summed E-state index contributed by atoms with van der Waals surface area (Å²) in [5.74, 6) is -1.39. The van der Waals surface area contributed by atoms with E-state index >= 15 is 0 Å². The molecule has 16 heavy (non-hydrogen) atoms. The highest BCUT2D eigenvalue weighted by molar-refractivity contribution is 5.80. The molecule has 0 saturated heterocycles. The maximum atomic E-state index is 11.1. The normalized spacial score (nSPS) is 12.8. The van der Waals surface area contributed by atoms with Crippen molar-refractivity contribution in [2.24, 2.45) is 5.73 Å². The number of nitrogens with two attached hydrogens (primary N) is 1. The third kappa shape index (κ3) is 1.90. The first-order valence-corrected chi connectivity index (χ1v) is 5.08. The second-order valence-electron chi connectivity index (χ2n) is 3.65. The summed E-state index contributed by atoms with van der Waals surface area (Å²) >= 11 is 0. The predicted octanol–water partition coefficient (Wildman–Crippen LogP) is 1.08. The van der Waals surface area contributed by atoms with Gasteiger partial charge >= 0.3 is 5.97 Å². The molecule has 0 amide bonds. The van der Waals surface area contributed by atoms with Gasteiger partial charge in [-0.05, 0) is 30.7 Å². The molecule has 0 aliphatic carbocycles. The predicted molar refractivity (Wildman–Crippen MR) is 60.1 cm³/mol. The molecule has 1 unspecified atom stereocenters. The quantitative estimate of drug-likeness (QED) is 0.717. The van der Waals surface area contributed by atoms with Crippen LogP contribution < -0.4 is 5.73 Å². The summed E-state index contributed by atoms with van der Waals surface area (Å²) in [4.78, 5) is 18.1.